The van der Waals surface area contributed by atoms with Gasteiger partial charge < -0.3 is 15.2 Å². The molecule has 0 unspecified atom stereocenters. The summed E-state index contributed by atoms with van der Waals surface area (Å²) in [6.45, 7) is 4.49. The second-order valence-corrected chi connectivity index (χ2v) is 4.98. The summed E-state index contributed by atoms with van der Waals surface area (Å²) < 4.78 is 11.1. The minimum atomic E-state index is 0.0325. The molecule has 4 nitrogen and oxygen atoms in total. The van der Waals surface area contributed by atoms with E-state index in [0.29, 0.717) is 12.2 Å². The van der Waals surface area contributed by atoms with E-state index in [9.17, 15) is 0 Å². The highest BCUT2D eigenvalue weighted by molar-refractivity contribution is 5.95. The number of rotatable bonds is 5. The minimum absolute atomic E-state index is 0.0325. The van der Waals surface area contributed by atoms with Gasteiger partial charge in [0, 0.05) is 11.1 Å². The van der Waals surface area contributed by atoms with Crippen LogP contribution >= 0.6 is 0 Å². The molecule has 0 heterocycles. The molecular weight excluding hydrogens is 264 g/mol. The topological polar surface area (TPSA) is 68.3 Å². The van der Waals surface area contributed by atoms with Crippen LogP contribution in [0.15, 0.2) is 36.4 Å². The summed E-state index contributed by atoms with van der Waals surface area (Å²) in [7, 11) is 1.61. The molecule has 4 heteroatoms. The van der Waals surface area contributed by atoms with Crippen molar-refractivity contribution in [2.45, 2.75) is 20.5 Å². The molecule has 0 bridgehead atoms. The van der Waals surface area contributed by atoms with Crippen LogP contribution in [0.1, 0.15) is 22.3 Å². The zero-order valence-corrected chi connectivity index (χ0v) is 12.6. The van der Waals surface area contributed by atoms with Crippen molar-refractivity contribution < 1.29 is 9.47 Å². The van der Waals surface area contributed by atoms with E-state index in [1.54, 1.807) is 19.2 Å². The largest absolute Gasteiger partial charge is 0.496 e. The highest BCUT2D eigenvalue weighted by Crippen LogP contribution is 2.23. The summed E-state index contributed by atoms with van der Waals surface area (Å²) in [4.78, 5) is 0. The second kappa shape index (κ2) is 6.31. The Balaban J connectivity index is 2.19. The van der Waals surface area contributed by atoms with Gasteiger partial charge in [0.05, 0.1) is 7.11 Å². The van der Waals surface area contributed by atoms with Gasteiger partial charge in [-0.2, -0.15) is 0 Å². The van der Waals surface area contributed by atoms with E-state index in [2.05, 4.69) is 13.8 Å². The first kappa shape index (κ1) is 14.9. The molecule has 0 saturated carbocycles. The van der Waals surface area contributed by atoms with Crippen LogP contribution in [0.3, 0.4) is 0 Å². The van der Waals surface area contributed by atoms with Crippen LogP contribution in [0, 0.1) is 19.3 Å². The van der Waals surface area contributed by atoms with E-state index in [-0.39, 0.29) is 5.84 Å². The summed E-state index contributed by atoms with van der Waals surface area (Å²) in [5, 5.41) is 7.50. The standard InChI is InChI=1S/C17H20N2O2/c1-11-4-6-15(8-12(11)2)21-10-14-9-13(17(18)19)5-7-16(14)20-3/h4-9H,10H2,1-3H3,(H3,18,19). The van der Waals surface area contributed by atoms with Crippen LogP contribution in [0.2, 0.25) is 0 Å². The van der Waals surface area contributed by atoms with E-state index in [4.69, 9.17) is 20.6 Å². The Kier molecular flexibility index (Phi) is 4.48. The highest BCUT2D eigenvalue weighted by Gasteiger charge is 2.07. The minimum Gasteiger partial charge on any atom is -0.496 e. The maximum atomic E-state index is 7.50. The fourth-order valence-corrected chi connectivity index (χ4v) is 2.02. The van der Waals surface area contributed by atoms with Crippen molar-refractivity contribution in [1.29, 1.82) is 5.41 Å². The Bertz CT molecular complexity index is 666. The van der Waals surface area contributed by atoms with Crippen LogP contribution in [-0.4, -0.2) is 12.9 Å². The van der Waals surface area contributed by atoms with Crippen molar-refractivity contribution >= 4 is 5.84 Å². The van der Waals surface area contributed by atoms with Gasteiger partial charge in [0.15, 0.2) is 0 Å². The predicted molar refractivity (Wildman–Crippen MR) is 84.3 cm³/mol. The number of methoxy groups -OCH3 is 1. The molecule has 0 amide bonds. The van der Waals surface area contributed by atoms with E-state index >= 15 is 0 Å². The van der Waals surface area contributed by atoms with Gasteiger partial charge in [0.25, 0.3) is 0 Å². The lowest BCUT2D eigenvalue weighted by atomic mass is 10.1. The van der Waals surface area contributed by atoms with Gasteiger partial charge in [-0.25, -0.2) is 0 Å². The van der Waals surface area contributed by atoms with E-state index in [1.165, 1.54) is 11.1 Å². The molecule has 2 aromatic carbocycles. The number of nitrogens with two attached hydrogens (primary N) is 1. The number of nitrogens with one attached hydrogen (secondary N) is 1. The fourth-order valence-electron chi connectivity index (χ4n) is 2.02. The lowest BCUT2D eigenvalue weighted by Gasteiger charge is -2.12. The third kappa shape index (κ3) is 3.54. The molecule has 21 heavy (non-hydrogen) atoms. The van der Waals surface area contributed by atoms with Crippen molar-refractivity contribution in [3.63, 3.8) is 0 Å². The molecule has 2 aromatic rings. The molecule has 0 aliphatic heterocycles. The van der Waals surface area contributed by atoms with Crippen molar-refractivity contribution in [3.8, 4) is 11.5 Å². The molecule has 0 saturated heterocycles. The van der Waals surface area contributed by atoms with Gasteiger partial charge in [-0.1, -0.05) is 6.07 Å². The average Bonchev–Trinajstić information content (AvgIpc) is 2.48. The Morgan fingerprint density at radius 3 is 2.48 bits per heavy atom. The normalized spacial score (nSPS) is 10.2. The first-order valence-corrected chi connectivity index (χ1v) is 6.72. The maximum absolute atomic E-state index is 7.50. The first-order valence-electron chi connectivity index (χ1n) is 6.72. The molecule has 2 rings (SSSR count). The molecule has 0 aliphatic carbocycles. The molecule has 0 aromatic heterocycles. The fraction of sp³-hybridized carbons (Fsp3) is 0.235. The number of nitrogen functional groups attached to an aromatic ring is 1. The molecule has 0 fully saturated rings. The van der Waals surface area contributed by atoms with Crippen molar-refractivity contribution in [2.24, 2.45) is 5.73 Å². The van der Waals surface area contributed by atoms with Gasteiger partial charge >= 0.3 is 0 Å². The number of benzene rings is 2. The quantitative estimate of drug-likeness (QED) is 0.654. The number of ether oxygens (including phenoxy) is 2. The lowest BCUT2D eigenvalue weighted by molar-refractivity contribution is 0.296. The third-order valence-electron chi connectivity index (χ3n) is 3.46. The van der Waals surface area contributed by atoms with Crippen LogP contribution < -0.4 is 15.2 Å². The van der Waals surface area contributed by atoms with E-state index in [0.717, 1.165) is 17.1 Å². The molecular formula is C17H20N2O2. The predicted octanol–water partition coefficient (Wildman–Crippen LogP) is 3.18. The summed E-state index contributed by atoms with van der Waals surface area (Å²) in [6.07, 6.45) is 0. The Morgan fingerprint density at radius 2 is 1.86 bits per heavy atom. The average molecular weight is 284 g/mol. The van der Waals surface area contributed by atoms with Crippen LogP contribution in [0.5, 0.6) is 11.5 Å². The number of hydrogen-bond donors (Lipinski definition) is 2. The van der Waals surface area contributed by atoms with Crippen molar-refractivity contribution in [3.05, 3.63) is 58.7 Å². The summed E-state index contributed by atoms with van der Waals surface area (Å²) >= 11 is 0. The van der Waals surface area contributed by atoms with Gasteiger partial charge in [-0.15, -0.1) is 0 Å². The third-order valence-corrected chi connectivity index (χ3v) is 3.46. The van der Waals surface area contributed by atoms with Gasteiger partial charge in [0.1, 0.15) is 23.9 Å². The van der Waals surface area contributed by atoms with Crippen LogP contribution in [0.4, 0.5) is 0 Å². The smallest absolute Gasteiger partial charge is 0.125 e. The monoisotopic (exact) mass is 284 g/mol. The second-order valence-electron chi connectivity index (χ2n) is 4.98. The molecule has 0 spiro atoms. The molecule has 0 radical (unpaired) electrons. The molecule has 110 valence electrons. The summed E-state index contributed by atoms with van der Waals surface area (Å²) in [5.41, 5.74) is 9.47. The van der Waals surface area contributed by atoms with Gasteiger partial charge in [-0.3, -0.25) is 5.41 Å². The van der Waals surface area contributed by atoms with Crippen LogP contribution in [-0.2, 0) is 6.61 Å². The SMILES string of the molecule is COc1ccc(C(=N)N)cc1COc1ccc(C)c(C)c1. The Labute approximate surface area is 125 Å². The van der Waals surface area contributed by atoms with Gasteiger partial charge in [-0.05, 0) is 55.3 Å². The zero-order chi connectivity index (χ0) is 15.4. The maximum Gasteiger partial charge on any atom is 0.125 e. The van der Waals surface area contributed by atoms with E-state index < -0.39 is 0 Å². The van der Waals surface area contributed by atoms with Gasteiger partial charge in [0.2, 0.25) is 0 Å². The highest BCUT2D eigenvalue weighted by atomic mass is 16.5. The summed E-state index contributed by atoms with van der Waals surface area (Å²) in [5.74, 6) is 1.57. The van der Waals surface area contributed by atoms with Crippen molar-refractivity contribution in [2.75, 3.05) is 7.11 Å². The Morgan fingerprint density at radius 1 is 1.10 bits per heavy atom. The zero-order valence-electron chi connectivity index (χ0n) is 12.6. The Hall–Kier alpha value is -2.49. The molecule has 0 atom stereocenters. The molecule has 3 N–H and O–H groups in total. The number of amidine groups is 1. The van der Waals surface area contributed by atoms with Crippen LogP contribution in [0.25, 0.3) is 0 Å². The molecule has 0 aliphatic rings. The first-order chi connectivity index (χ1) is 10.0. The van der Waals surface area contributed by atoms with E-state index in [1.807, 2.05) is 24.3 Å². The summed E-state index contributed by atoms with van der Waals surface area (Å²) in [6, 6.07) is 11.4. The lowest BCUT2D eigenvalue weighted by Crippen LogP contribution is -2.12. The van der Waals surface area contributed by atoms with Crippen molar-refractivity contribution in [1.82, 2.24) is 0 Å². The number of hydrogen-bond acceptors (Lipinski definition) is 3. The number of aryl methyl sites for hydroxylation is 2.